The third kappa shape index (κ3) is 2.95. The molecule has 110 valence electrons. The first kappa shape index (κ1) is 13.4. The molecule has 0 aliphatic carbocycles. The molecule has 1 aromatic heterocycles. The molecular weight excluding hydrogens is 276 g/mol. The van der Waals surface area contributed by atoms with E-state index in [0.29, 0.717) is 36.0 Å². The zero-order valence-electron chi connectivity index (χ0n) is 11.4. The van der Waals surface area contributed by atoms with Crippen molar-refractivity contribution < 1.29 is 18.8 Å². The van der Waals surface area contributed by atoms with Gasteiger partial charge in [-0.3, -0.25) is 4.79 Å². The molecule has 0 spiro atoms. The van der Waals surface area contributed by atoms with E-state index in [4.69, 9.17) is 14.0 Å². The Morgan fingerprint density at radius 3 is 3.05 bits per heavy atom. The summed E-state index contributed by atoms with van der Waals surface area (Å²) in [5, 5.41) is 9.38. The second-order valence-electron chi connectivity index (χ2n) is 4.39. The van der Waals surface area contributed by atoms with Crippen molar-refractivity contribution in [1.82, 2.24) is 15.5 Å². The van der Waals surface area contributed by atoms with E-state index in [1.54, 1.807) is 18.2 Å². The molecule has 0 bridgehead atoms. The van der Waals surface area contributed by atoms with Gasteiger partial charge in [0.25, 0.3) is 0 Å². The van der Waals surface area contributed by atoms with Crippen LogP contribution in [0.25, 0.3) is 0 Å². The van der Waals surface area contributed by atoms with Gasteiger partial charge in [0.2, 0.25) is 6.79 Å². The fourth-order valence-electron chi connectivity index (χ4n) is 1.84. The summed E-state index contributed by atoms with van der Waals surface area (Å²) >= 11 is 0. The third-order valence-electron chi connectivity index (χ3n) is 2.89. The summed E-state index contributed by atoms with van der Waals surface area (Å²) in [6.07, 6.45) is 0.595. The lowest BCUT2D eigenvalue weighted by molar-refractivity contribution is 0.0981. The Morgan fingerprint density at radius 1 is 1.33 bits per heavy atom. The van der Waals surface area contributed by atoms with Crippen LogP contribution in [0, 0.1) is 0 Å². The van der Waals surface area contributed by atoms with Gasteiger partial charge in [-0.25, -0.2) is 0 Å². The van der Waals surface area contributed by atoms with Crippen LogP contribution in [0.3, 0.4) is 0 Å². The normalized spacial score (nSPS) is 12.4. The predicted octanol–water partition coefficient (Wildman–Crippen LogP) is 0.812. The molecule has 3 rings (SSSR count). The molecule has 2 aromatic rings. The number of carbonyl (C=O) groups excluding carboxylic acids is 1. The van der Waals surface area contributed by atoms with Crippen molar-refractivity contribution >= 4 is 11.6 Å². The molecule has 0 saturated heterocycles. The standard InChI is InChI=1S/C13H14N4O4/c1-14-5-4-11-16-13(21-17-11)12(18)15-8-2-3-9-10(6-8)20-7-19-9/h2-3,6,14H,4-5,7H2,1H3,(H,15,18). The first-order chi connectivity index (χ1) is 10.3. The number of hydrogen-bond acceptors (Lipinski definition) is 7. The van der Waals surface area contributed by atoms with Crippen molar-refractivity contribution in [3.63, 3.8) is 0 Å². The summed E-state index contributed by atoms with van der Waals surface area (Å²) in [5.74, 6) is 1.20. The first-order valence-electron chi connectivity index (χ1n) is 6.44. The van der Waals surface area contributed by atoms with Crippen LogP contribution in [0.15, 0.2) is 22.7 Å². The van der Waals surface area contributed by atoms with E-state index in [2.05, 4.69) is 20.8 Å². The maximum absolute atomic E-state index is 12.0. The number of amides is 1. The first-order valence-corrected chi connectivity index (χ1v) is 6.44. The summed E-state index contributed by atoms with van der Waals surface area (Å²) in [6, 6.07) is 5.12. The number of nitrogens with one attached hydrogen (secondary N) is 2. The van der Waals surface area contributed by atoms with Gasteiger partial charge in [0.1, 0.15) is 0 Å². The summed E-state index contributed by atoms with van der Waals surface area (Å²) in [5.41, 5.74) is 0.569. The van der Waals surface area contributed by atoms with Crippen LogP contribution < -0.4 is 20.1 Å². The van der Waals surface area contributed by atoms with Crippen molar-refractivity contribution in [1.29, 1.82) is 0 Å². The SMILES string of the molecule is CNCCc1noc(C(=O)Nc2ccc3c(c2)OCO3)n1. The molecule has 1 aliphatic heterocycles. The molecule has 1 aliphatic rings. The van der Waals surface area contributed by atoms with Crippen molar-refractivity contribution in [3.05, 3.63) is 29.9 Å². The highest BCUT2D eigenvalue weighted by atomic mass is 16.7. The molecular formula is C13H14N4O4. The molecule has 0 radical (unpaired) electrons. The van der Waals surface area contributed by atoms with E-state index < -0.39 is 5.91 Å². The summed E-state index contributed by atoms with van der Waals surface area (Å²) in [4.78, 5) is 16.0. The number of carbonyl (C=O) groups is 1. The Hall–Kier alpha value is -2.61. The number of nitrogens with zero attached hydrogens (tertiary/aromatic N) is 2. The molecule has 0 fully saturated rings. The predicted molar refractivity (Wildman–Crippen MR) is 72.4 cm³/mol. The second kappa shape index (κ2) is 5.80. The monoisotopic (exact) mass is 290 g/mol. The van der Waals surface area contributed by atoms with Crippen LogP contribution in [-0.4, -0.2) is 36.4 Å². The average molecular weight is 290 g/mol. The molecule has 8 nitrogen and oxygen atoms in total. The number of likely N-dealkylation sites (N-methyl/N-ethyl adjacent to an activating group) is 1. The fraction of sp³-hybridized carbons (Fsp3) is 0.308. The van der Waals surface area contributed by atoms with Gasteiger partial charge in [0, 0.05) is 24.7 Å². The maximum atomic E-state index is 12.0. The van der Waals surface area contributed by atoms with Gasteiger partial charge in [-0.05, 0) is 19.2 Å². The number of anilines is 1. The van der Waals surface area contributed by atoms with E-state index in [1.807, 2.05) is 7.05 Å². The maximum Gasteiger partial charge on any atom is 0.316 e. The van der Waals surface area contributed by atoms with Crippen LogP contribution in [0.4, 0.5) is 5.69 Å². The highest BCUT2D eigenvalue weighted by Crippen LogP contribution is 2.34. The Morgan fingerprint density at radius 2 is 2.19 bits per heavy atom. The van der Waals surface area contributed by atoms with Gasteiger partial charge >= 0.3 is 11.8 Å². The highest BCUT2D eigenvalue weighted by Gasteiger charge is 2.18. The van der Waals surface area contributed by atoms with E-state index in [0.717, 1.165) is 0 Å². The van der Waals surface area contributed by atoms with Gasteiger partial charge in [0.05, 0.1) is 0 Å². The molecule has 8 heteroatoms. The number of ether oxygens (including phenoxy) is 2. The lowest BCUT2D eigenvalue weighted by Crippen LogP contribution is -2.13. The quantitative estimate of drug-likeness (QED) is 0.840. The van der Waals surface area contributed by atoms with Crippen molar-refractivity contribution in [2.45, 2.75) is 6.42 Å². The van der Waals surface area contributed by atoms with Crippen LogP contribution in [0.1, 0.15) is 16.5 Å². The highest BCUT2D eigenvalue weighted by molar-refractivity contribution is 6.01. The number of aromatic nitrogens is 2. The Bertz CT molecular complexity index is 655. The smallest absolute Gasteiger partial charge is 0.316 e. The zero-order chi connectivity index (χ0) is 14.7. The number of rotatable bonds is 5. The van der Waals surface area contributed by atoms with E-state index >= 15 is 0 Å². The second-order valence-corrected chi connectivity index (χ2v) is 4.39. The van der Waals surface area contributed by atoms with Crippen LogP contribution >= 0.6 is 0 Å². The average Bonchev–Trinajstić information content (AvgIpc) is 3.13. The molecule has 1 aromatic carbocycles. The zero-order valence-corrected chi connectivity index (χ0v) is 11.4. The number of benzene rings is 1. The molecule has 2 N–H and O–H groups in total. The van der Waals surface area contributed by atoms with Crippen LogP contribution in [0.5, 0.6) is 11.5 Å². The molecule has 21 heavy (non-hydrogen) atoms. The Labute approximate surface area is 120 Å². The van der Waals surface area contributed by atoms with E-state index in [9.17, 15) is 4.79 Å². The molecule has 0 unspecified atom stereocenters. The Balaban J connectivity index is 1.67. The van der Waals surface area contributed by atoms with Crippen molar-refractivity contribution in [3.8, 4) is 11.5 Å². The fourth-order valence-corrected chi connectivity index (χ4v) is 1.84. The van der Waals surface area contributed by atoms with Crippen LogP contribution in [0.2, 0.25) is 0 Å². The number of fused-ring (bicyclic) bond motifs is 1. The van der Waals surface area contributed by atoms with Gasteiger partial charge in [0.15, 0.2) is 17.3 Å². The van der Waals surface area contributed by atoms with Crippen molar-refractivity contribution in [2.24, 2.45) is 0 Å². The molecule has 0 atom stereocenters. The molecule has 0 saturated carbocycles. The molecule has 1 amide bonds. The largest absolute Gasteiger partial charge is 0.454 e. The topological polar surface area (TPSA) is 98.5 Å². The lowest BCUT2D eigenvalue weighted by Gasteiger charge is -2.03. The minimum atomic E-state index is -0.461. The van der Waals surface area contributed by atoms with Gasteiger partial charge < -0.3 is 24.6 Å². The van der Waals surface area contributed by atoms with Gasteiger partial charge in [-0.15, -0.1) is 0 Å². The Kier molecular flexibility index (Phi) is 3.69. The van der Waals surface area contributed by atoms with Crippen LogP contribution in [-0.2, 0) is 6.42 Å². The minimum absolute atomic E-state index is 0.0706. The summed E-state index contributed by atoms with van der Waals surface area (Å²) in [6.45, 7) is 0.897. The lowest BCUT2D eigenvalue weighted by atomic mass is 10.3. The third-order valence-corrected chi connectivity index (χ3v) is 2.89. The van der Waals surface area contributed by atoms with Gasteiger partial charge in [-0.1, -0.05) is 5.16 Å². The van der Waals surface area contributed by atoms with Crippen molar-refractivity contribution in [2.75, 3.05) is 25.7 Å². The van der Waals surface area contributed by atoms with Gasteiger partial charge in [-0.2, -0.15) is 4.98 Å². The molecule has 2 heterocycles. The summed E-state index contributed by atoms with van der Waals surface area (Å²) in [7, 11) is 1.83. The number of hydrogen-bond donors (Lipinski definition) is 2. The summed E-state index contributed by atoms with van der Waals surface area (Å²) < 4.78 is 15.4. The van der Waals surface area contributed by atoms with E-state index in [1.165, 1.54) is 0 Å². The minimum Gasteiger partial charge on any atom is -0.454 e. The van der Waals surface area contributed by atoms with E-state index in [-0.39, 0.29) is 12.7 Å².